The van der Waals surface area contributed by atoms with Gasteiger partial charge in [0.15, 0.2) is 11.5 Å². The van der Waals surface area contributed by atoms with Gasteiger partial charge in [0, 0.05) is 19.6 Å². The van der Waals surface area contributed by atoms with Crippen LogP contribution < -0.4 is 15.2 Å². The lowest BCUT2D eigenvalue weighted by molar-refractivity contribution is -0.130. The molecule has 0 saturated carbocycles. The molecule has 6 heteroatoms. The standard InChI is InChI=1S/C14H22N2O3.ClH/c1-10(9-15)16(2)14(17)8-11-5-6-12(18-3)13(7-11)19-4;/h5-7,10H,8-9,15H2,1-4H3;1H. The van der Waals surface area contributed by atoms with E-state index in [1.54, 1.807) is 32.2 Å². The first-order valence-corrected chi connectivity index (χ1v) is 6.20. The Balaban J connectivity index is 0.00000361. The normalized spacial score (nSPS) is 11.2. The van der Waals surface area contributed by atoms with Gasteiger partial charge in [0.2, 0.25) is 5.91 Å². The van der Waals surface area contributed by atoms with E-state index >= 15 is 0 Å². The molecule has 1 amide bonds. The Kier molecular flexibility index (Phi) is 8.03. The SMILES string of the molecule is COc1ccc(CC(=O)N(C)C(C)CN)cc1OC.Cl. The molecular formula is C14H23ClN2O3. The smallest absolute Gasteiger partial charge is 0.227 e. The van der Waals surface area contributed by atoms with E-state index in [1.807, 2.05) is 19.1 Å². The van der Waals surface area contributed by atoms with Crippen LogP contribution in [0.4, 0.5) is 0 Å². The molecule has 2 N–H and O–H groups in total. The first-order chi connectivity index (χ1) is 9.03. The van der Waals surface area contributed by atoms with Crippen molar-refractivity contribution in [3.05, 3.63) is 23.8 Å². The van der Waals surface area contributed by atoms with Crippen LogP contribution in [-0.4, -0.2) is 44.7 Å². The fourth-order valence-corrected chi connectivity index (χ4v) is 1.69. The van der Waals surface area contributed by atoms with Crippen molar-refractivity contribution in [3.8, 4) is 11.5 Å². The lowest BCUT2D eigenvalue weighted by Crippen LogP contribution is -2.40. The van der Waals surface area contributed by atoms with E-state index < -0.39 is 0 Å². The molecule has 0 aliphatic heterocycles. The van der Waals surface area contributed by atoms with Gasteiger partial charge in [-0.25, -0.2) is 0 Å². The molecule has 0 aromatic heterocycles. The first kappa shape index (κ1) is 18.5. The van der Waals surface area contributed by atoms with Crippen molar-refractivity contribution in [1.82, 2.24) is 4.90 Å². The van der Waals surface area contributed by atoms with Crippen LogP contribution in [0.25, 0.3) is 0 Å². The molecule has 5 nitrogen and oxygen atoms in total. The highest BCUT2D eigenvalue weighted by atomic mass is 35.5. The number of rotatable bonds is 6. The van der Waals surface area contributed by atoms with E-state index in [9.17, 15) is 4.79 Å². The molecule has 1 aromatic carbocycles. The number of amides is 1. The van der Waals surface area contributed by atoms with Gasteiger partial charge in [0.1, 0.15) is 0 Å². The topological polar surface area (TPSA) is 64.8 Å². The molecule has 0 heterocycles. The van der Waals surface area contributed by atoms with Crippen LogP contribution in [0.2, 0.25) is 0 Å². The van der Waals surface area contributed by atoms with Crippen molar-refractivity contribution >= 4 is 18.3 Å². The highest BCUT2D eigenvalue weighted by Crippen LogP contribution is 2.27. The average molecular weight is 303 g/mol. The second kappa shape index (κ2) is 8.66. The van der Waals surface area contributed by atoms with Gasteiger partial charge in [-0.1, -0.05) is 6.07 Å². The van der Waals surface area contributed by atoms with Gasteiger partial charge in [-0.05, 0) is 24.6 Å². The van der Waals surface area contributed by atoms with Crippen molar-refractivity contribution in [1.29, 1.82) is 0 Å². The summed E-state index contributed by atoms with van der Waals surface area (Å²) in [5.74, 6) is 1.31. The van der Waals surface area contributed by atoms with Crippen LogP contribution in [0.1, 0.15) is 12.5 Å². The molecule has 0 fully saturated rings. The van der Waals surface area contributed by atoms with Crippen molar-refractivity contribution in [2.45, 2.75) is 19.4 Å². The van der Waals surface area contributed by atoms with Crippen molar-refractivity contribution in [2.24, 2.45) is 5.73 Å². The second-order valence-corrected chi connectivity index (χ2v) is 4.46. The minimum atomic E-state index is 0. The highest BCUT2D eigenvalue weighted by Gasteiger charge is 2.15. The zero-order chi connectivity index (χ0) is 14.4. The Morgan fingerprint density at radius 2 is 1.90 bits per heavy atom. The van der Waals surface area contributed by atoms with Crippen LogP contribution in [-0.2, 0) is 11.2 Å². The fourth-order valence-electron chi connectivity index (χ4n) is 1.69. The predicted molar refractivity (Wildman–Crippen MR) is 81.8 cm³/mol. The largest absolute Gasteiger partial charge is 0.493 e. The lowest BCUT2D eigenvalue weighted by Gasteiger charge is -2.23. The van der Waals surface area contributed by atoms with Gasteiger partial charge in [-0.15, -0.1) is 12.4 Å². The number of nitrogens with zero attached hydrogens (tertiary/aromatic N) is 1. The molecule has 1 rings (SSSR count). The minimum Gasteiger partial charge on any atom is -0.493 e. The number of likely N-dealkylation sites (N-methyl/N-ethyl adjacent to an activating group) is 1. The third kappa shape index (κ3) is 4.58. The summed E-state index contributed by atoms with van der Waals surface area (Å²) in [5, 5.41) is 0. The van der Waals surface area contributed by atoms with Gasteiger partial charge < -0.3 is 20.1 Å². The molecule has 1 aromatic rings. The Morgan fingerprint density at radius 3 is 2.40 bits per heavy atom. The molecule has 0 bridgehead atoms. The Morgan fingerprint density at radius 1 is 1.30 bits per heavy atom. The molecule has 0 aliphatic rings. The average Bonchev–Trinajstić information content (AvgIpc) is 2.45. The Labute approximate surface area is 126 Å². The maximum absolute atomic E-state index is 12.1. The molecule has 0 spiro atoms. The number of hydrogen-bond donors (Lipinski definition) is 1. The molecule has 0 saturated heterocycles. The number of hydrogen-bond acceptors (Lipinski definition) is 4. The van der Waals surface area contributed by atoms with Gasteiger partial charge in [-0.3, -0.25) is 4.79 Å². The number of carbonyl (C=O) groups is 1. The molecule has 0 aliphatic carbocycles. The molecule has 1 unspecified atom stereocenters. The number of nitrogens with two attached hydrogens (primary N) is 1. The highest BCUT2D eigenvalue weighted by molar-refractivity contribution is 5.85. The van der Waals surface area contributed by atoms with Crippen LogP contribution in [0, 0.1) is 0 Å². The quantitative estimate of drug-likeness (QED) is 0.864. The van der Waals surface area contributed by atoms with Gasteiger partial charge >= 0.3 is 0 Å². The second-order valence-electron chi connectivity index (χ2n) is 4.46. The van der Waals surface area contributed by atoms with Crippen molar-refractivity contribution < 1.29 is 14.3 Å². The summed E-state index contributed by atoms with van der Waals surface area (Å²) in [6, 6.07) is 5.51. The van der Waals surface area contributed by atoms with Crippen LogP contribution in [0.3, 0.4) is 0 Å². The zero-order valence-corrected chi connectivity index (χ0v) is 13.2. The number of methoxy groups -OCH3 is 2. The van der Waals surface area contributed by atoms with Crippen LogP contribution in [0.5, 0.6) is 11.5 Å². The summed E-state index contributed by atoms with van der Waals surface area (Å²) in [6.45, 7) is 2.38. The summed E-state index contributed by atoms with van der Waals surface area (Å²) < 4.78 is 10.4. The third-order valence-electron chi connectivity index (χ3n) is 3.20. The van der Waals surface area contributed by atoms with E-state index in [-0.39, 0.29) is 24.4 Å². The van der Waals surface area contributed by atoms with Crippen molar-refractivity contribution in [3.63, 3.8) is 0 Å². The lowest BCUT2D eigenvalue weighted by atomic mass is 10.1. The summed E-state index contributed by atoms with van der Waals surface area (Å²) in [6.07, 6.45) is 0.321. The molecular weight excluding hydrogens is 280 g/mol. The Hall–Kier alpha value is -1.46. The molecule has 1 atom stereocenters. The maximum Gasteiger partial charge on any atom is 0.227 e. The number of benzene rings is 1. The maximum atomic E-state index is 12.1. The van der Waals surface area contributed by atoms with Crippen LogP contribution in [0.15, 0.2) is 18.2 Å². The van der Waals surface area contributed by atoms with E-state index in [1.165, 1.54) is 0 Å². The third-order valence-corrected chi connectivity index (χ3v) is 3.20. The summed E-state index contributed by atoms with van der Waals surface area (Å²) in [4.78, 5) is 13.7. The zero-order valence-electron chi connectivity index (χ0n) is 12.4. The fraction of sp³-hybridized carbons (Fsp3) is 0.500. The number of carbonyl (C=O) groups excluding carboxylic acids is 1. The first-order valence-electron chi connectivity index (χ1n) is 6.20. The summed E-state index contributed by atoms with van der Waals surface area (Å²) in [5.41, 5.74) is 6.44. The summed E-state index contributed by atoms with van der Waals surface area (Å²) >= 11 is 0. The van der Waals surface area contributed by atoms with Crippen LogP contribution >= 0.6 is 12.4 Å². The van der Waals surface area contributed by atoms with Gasteiger partial charge in [0.25, 0.3) is 0 Å². The molecule has 0 radical (unpaired) electrons. The van der Waals surface area contributed by atoms with Gasteiger partial charge in [0.05, 0.1) is 20.6 Å². The van der Waals surface area contributed by atoms with Gasteiger partial charge in [-0.2, -0.15) is 0 Å². The monoisotopic (exact) mass is 302 g/mol. The minimum absolute atomic E-state index is 0. The van der Waals surface area contributed by atoms with Crippen molar-refractivity contribution in [2.75, 3.05) is 27.8 Å². The predicted octanol–water partition coefficient (Wildman–Crippen LogP) is 1.47. The van der Waals surface area contributed by atoms with E-state index in [0.29, 0.717) is 24.5 Å². The van der Waals surface area contributed by atoms with E-state index in [2.05, 4.69) is 0 Å². The number of halogens is 1. The van der Waals surface area contributed by atoms with E-state index in [4.69, 9.17) is 15.2 Å². The molecule has 114 valence electrons. The summed E-state index contributed by atoms with van der Waals surface area (Å²) in [7, 11) is 4.92. The number of ether oxygens (including phenoxy) is 2. The van der Waals surface area contributed by atoms with E-state index in [0.717, 1.165) is 5.56 Å². The molecule has 20 heavy (non-hydrogen) atoms. The Bertz CT molecular complexity index is 440.